The van der Waals surface area contributed by atoms with Gasteiger partial charge in [0.05, 0.1) is 12.2 Å². The number of rotatable bonds is 3. The van der Waals surface area contributed by atoms with Crippen molar-refractivity contribution in [3.05, 3.63) is 35.4 Å². The third-order valence-electron chi connectivity index (χ3n) is 1.60. The lowest BCUT2D eigenvalue weighted by Gasteiger charge is -2.08. The molecule has 0 atom stereocenters. The van der Waals surface area contributed by atoms with Gasteiger partial charge in [0.25, 0.3) is 0 Å². The summed E-state index contributed by atoms with van der Waals surface area (Å²) < 4.78 is 41.5. The Bertz CT molecular complexity index is 298. The molecular formula is C9H8ClF3O. The molecule has 0 N–H and O–H groups in total. The number of hydrogen-bond acceptors (Lipinski definition) is 1. The molecule has 0 aliphatic rings. The van der Waals surface area contributed by atoms with Crippen LogP contribution in [0, 0.1) is 0 Å². The van der Waals surface area contributed by atoms with Crippen LogP contribution in [0.25, 0.3) is 0 Å². The van der Waals surface area contributed by atoms with Crippen LogP contribution in [0.15, 0.2) is 24.3 Å². The standard InChI is InChI=1S/C9H8ClF3O/c10-6-14-5-7-2-1-3-8(4-7)9(11,12)13/h1-4H,5-6H2. The highest BCUT2D eigenvalue weighted by atomic mass is 35.5. The molecule has 0 fully saturated rings. The Balaban J connectivity index is 2.79. The monoisotopic (exact) mass is 224 g/mol. The molecule has 0 saturated heterocycles. The molecule has 0 amide bonds. The fourth-order valence-electron chi connectivity index (χ4n) is 0.994. The molecule has 5 heteroatoms. The SMILES string of the molecule is FC(F)(F)c1cccc(COCCl)c1. The largest absolute Gasteiger partial charge is 0.416 e. The van der Waals surface area contributed by atoms with Gasteiger partial charge in [0.1, 0.15) is 6.07 Å². The zero-order valence-corrected chi connectivity index (χ0v) is 7.90. The van der Waals surface area contributed by atoms with E-state index in [-0.39, 0.29) is 12.7 Å². The highest BCUT2D eigenvalue weighted by Gasteiger charge is 2.30. The predicted molar refractivity (Wildman–Crippen MR) is 47.0 cm³/mol. The molecule has 0 bridgehead atoms. The van der Waals surface area contributed by atoms with E-state index in [4.69, 9.17) is 16.3 Å². The second-order valence-corrected chi connectivity index (χ2v) is 2.87. The highest BCUT2D eigenvalue weighted by molar-refractivity contribution is 6.17. The van der Waals surface area contributed by atoms with Crippen molar-refractivity contribution in [1.82, 2.24) is 0 Å². The maximum absolute atomic E-state index is 12.2. The Morgan fingerprint density at radius 3 is 2.57 bits per heavy atom. The minimum atomic E-state index is -4.31. The van der Waals surface area contributed by atoms with Gasteiger partial charge in [-0.05, 0) is 17.7 Å². The van der Waals surface area contributed by atoms with Gasteiger partial charge in [-0.15, -0.1) is 0 Å². The first-order valence-corrected chi connectivity index (χ1v) is 4.37. The van der Waals surface area contributed by atoms with Crippen LogP contribution in [-0.4, -0.2) is 6.07 Å². The molecular weight excluding hydrogens is 217 g/mol. The zero-order valence-electron chi connectivity index (χ0n) is 7.14. The maximum atomic E-state index is 12.2. The number of ether oxygens (including phenoxy) is 1. The molecule has 1 aromatic rings. The zero-order chi connectivity index (χ0) is 10.6. The van der Waals surface area contributed by atoms with E-state index in [1.54, 1.807) is 6.07 Å². The number of alkyl halides is 4. The summed E-state index contributed by atoms with van der Waals surface area (Å²) in [5.41, 5.74) is -0.214. The van der Waals surface area contributed by atoms with Crippen molar-refractivity contribution in [1.29, 1.82) is 0 Å². The molecule has 0 radical (unpaired) electrons. The Hall–Kier alpha value is -0.740. The van der Waals surface area contributed by atoms with E-state index in [1.807, 2.05) is 0 Å². The third kappa shape index (κ3) is 3.20. The van der Waals surface area contributed by atoms with Crippen molar-refractivity contribution in [3.8, 4) is 0 Å². The molecule has 0 unspecified atom stereocenters. The van der Waals surface area contributed by atoms with E-state index in [9.17, 15) is 13.2 Å². The van der Waals surface area contributed by atoms with Crippen LogP contribution >= 0.6 is 11.6 Å². The molecule has 0 heterocycles. The summed E-state index contributed by atoms with van der Waals surface area (Å²) in [6.07, 6.45) is -4.31. The van der Waals surface area contributed by atoms with Gasteiger partial charge in [0, 0.05) is 0 Å². The van der Waals surface area contributed by atoms with Crippen LogP contribution in [0.2, 0.25) is 0 Å². The highest BCUT2D eigenvalue weighted by Crippen LogP contribution is 2.29. The predicted octanol–water partition coefficient (Wildman–Crippen LogP) is 3.42. The summed E-state index contributed by atoms with van der Waals surface area (Å²) in [5.74, 6) is 0. The molecule has 1 aromatic carbocycles. The summed E-state index contributed by atoms with van der Waals surface area (Å²) >= 11 is 5.24. The normalized spacial score (nSPS) is 11.7. The molecule has 0 aromatic heterocycles. The average molecular weight is 225 g/mol. The van der Waals surface area contributed by atoms with Crippen LogP contribution in [0.5, 0.6) is 0 Å². The van der Waals surface area contributed by atoms with Gasteiger partial charge in [-0.25, -0.2) is 0 Å². The van der Waals surface area contributed by atoms with Crippen LogP contribution < -0.4 is 0 Å². The molecule has 0 aliphatic heterocycles. The second-order valence-electron chi connectivity index (χ2n) is 2.66. The van der Waals surface area contributed by atoms with Gasteiger partial charge >= 0.3 is 6.18 Å². The van der Waals surface area contributed by atoms with Crippen molar-refractivity contribution < 1.29 is 17.9 Å². The lowest BCUT2D eigenvalue weighted by Crippen LogP contribution is -2.05. The van der Waals surface area contributed by atoms with E-state index >= 15 is 0 Å². The summed E-state index contributed by atoms with van der Waals surface area (Å²) in [5, 5.41) is 0. The lowest BCUT2D eigenvalue weighted by molar-refractivity contribution is -0.137. The van der Waals surface area contributed by atoms with E-state index in [0.29, 0.717) is 5.56 Å². The third-order valence-corrected chi connectivity index (χ3v) is 1.75. The van der Waals surface area contributed by atoms with Crippen LogP contribution in [-0.2, 0) is 17.5 Å². The number of benzene rings is 1. The maximum Gasteiger partial charge on any atom is 0.416 e. The smallest absolute Gasteiger partial charge is 0.361 e. The van der Waals surface area contributed by atoms with Crippen LogP contribution in [0.1, 0.15) is 11.1 Å². The average Bonchev–Trinajstić information content (AvgIpc) is 2.14. The summed E-state index contributed by atoms with van der Waals surface area (Å²) in [6.45, 7) is 0.0907. The Morgan fingerprint density at radius 2 is 2.00 bits per heavy atom. The quantitative estimate of drug-likeness (QED) is 0.715. The van der Waals surface area contributed by atoms with E-state index in [2.05, 4.69) is 0 Å². The first kappa shape index (κ1) is 11.3. The summed E-state index contributed by atoms with van der Waals surface area (Å²) in [4.78, 5) is 0. The van der Waals surface area contributed by atoms with Crippen molar-refractivity contribution >= 4 is 11.6 Å². The van der Waals surface area contributed by atoms with E-state index in [0.717, 1.165) is 12.1 Å². The van der Waals surface area contributed by atoms with Crippen molar-refractivity contribution in [2.75, 3.05) is 6.07 Å². The van der Waals surface area contributed by atoms with Gasteiger partial charge in [-0.1, -0.05) is 23.7 Å². The Labute approximate surface area is 84.4 Å². The molecule has 14 heavy (non-hydrogen) atoms. The summed E-state index contributed by atoms with van der Waals surface area (Å²) in [6, 6.07) is 4.94. The minimum Gasteiger partial charge on any atom is -0.361 e. The Morgan fingerprint density at radius 1 is 1.29 bits per heavy atom. The van der Waals surface area contributed by atoms with Crippen LogP contribution in [0.3, 0.4) is 0 Å². The number of halogens is 4. The van der Waals surface area contributed by atoms with Crippen molar-refractivity contribution in [2.24, 2.45) is 0 Å². The van der Waals surface area contributed by atoms with E-state index in [1.165, 1.54) is 6.07 Å². The summed E-state index contributed by atoms with van der Waals surface area (Å²) in [7, 11) is 0. The van der Waals surface area contributed by atoms with Crippen molar-refractivity contribution in [2.45, 2.75) is 12.8 Å². The van der Waals surface area contributed by atoms with Gasteiger partial charge in [0.15, 0.2) is 0 Å². The second kappa shape index (κ2) is 4.66. The van der Waals surface area contributed by atoms with Crippen molar-refractivity contribution in [3.63, 3.8) is 0 Å². The first-order valence-electron chi connectivity index (χ1n) is 3.84. The van der Waals surface area contributed by atoms with E-state index < -0.39 is 11.7 Å². The molecule has 0 spiro atoms. The fourth-order valence-corrected chi connectivity index (χ4v) is 1.07. The van der Waals surface area contributed by atoms with Gasteiger partial charge < -0.3 is 4.74 Å². The Kier molecular flexibility index (Phi) is 3.77. The van der Waals surface area contributed by atoms with Gasteiger partial charge in [0.2, 0.25) is 0 Å². The first-order chi connectivity index (χ1) is 6.54. The topological polar surface area (TPSA) is 9.23 Å². The lowest BCUT2D eigenvalue weighted by atomic mass is 10.1. The molecule has 0 aliphatic carbocycles. The fraction of sp³-hybridized carbons (Fsp3) is 0.333. The minimum absolute atomic E-state index is 0.0315. The van der Waals surface area contributed by atoms with Gasteiger partial charge in [-0.3, -0.25) is 0 Å². The number of hydrogen-bond donors (Lipinski definition) is 0. The molecule has 0 saturated carbocycles. The molecule has 78 valence electrons. The van der Waals surface area contributed by atoms with Gasteiger partial charge in [-0.2, -0.15) is 13.2 Å². The van der Waals surface area contributed by atoms with Crippen LogP contribution in [0.4, 0.5) is 13.2 Å². The molecule has 1 nitrogen and oxygen atoms in total. The molecule has 1 rings (SSSR count).